The average Bonchev–Trinajstić information content (AvgIpc) is 2.72. The van der Waals surface area contributed by atoms with E-state index in [2.05, 4.69) is 25.3 Å². The Hall–Kier alpha value is -1.89. The third-order valence-corrected chi connectivity index (χ3v) is 4.66. The van der Waals surface area contributed by atoms with Crippen LogP contribution in [-0.4, -0.2) is 83.4 Å². The Balaban J connectivity index is 0.00000480. The number of ether oxygens (including phenoxy) is 2. The van der Waals surface area contributed by atoms with Gasteiger partial charge in [0.15, 0.2) is 5.96 Å². The van der Waals surface area contributed by atoms with Gasteiger partial charge in [0.05, 0.1) is 6.61 Å². The Kier molecular flexibility index (Phi) is 12.5. The summed E-state index contributed by atoms with van der Waals surface area (Å²) >= 11 is 0. The Morgan fingerprint density at radius 2 is 2.03 bits per heavy atom. The first kappa shape index (κ1) is 27.1. The minimum atomic E-state index is -2.83. The van der Waals surface area contributed by atoms with Crippen molar-refractivity contribution in [2.75, 3.05) is 58.9 Å². The zero-order valence-electron chi connectivity index (χ0n) is 18.1. The zero-order valence-corrected chi connectivity index (χ0v) is 20.5. The number of piperidine rings is 1. The number of halogens is 3. The fourth-order valence-corrected chi connectivity index (χ4v) is 3.07. The number of methoxy groups -OCH3 is 1. The monoisotopic (exact) mass is 555 g/mol. The first-order chi connectivity index (χ1) is 14.4. The van der Waals surface area contributed by atoms with E-state index in [1.54, 1.807) is 45.5 Å². The number of nitrogens with one attached hydrogen (secondary N) is 2. The summed E-state index contributed by atoms with van der Waals surface area (Å²) in [5.74, 6) is 0.622. The molecule has 1 saturated heterocycles. The number of carbonyl (C=O) groups is 1. The molecule has 1 aromatic rings. The first-order valence-electron chi connectivity index (χ1n) is 9.92. The van der Waals surface area contributed by atoms with Crippen LogP contribution in [0.3, 0.4) is 0 Å². The first-order valence-corrected chi connectivity index (χ1v) is 9.92. The fourth-order valence-electron chi connectivity index (χ4n) is 3.07. The highest BCUT2D eigenvalue weighted by molar-refractivity contribution is 14.0. The van der Waals surface area contributed by atoms with Crippen molar-refractivity contribution in [1.29, 1.82) is 0 Å². The van der Waals surface area contributed by atoms with Gasteiger partial charge in [-0.25, -0.2) is 4.99 Å². The topological polar surface area (TPSA) is 78.4 Å². The summed E-state index contributed by atoms with van der Waals surface area (Å²) in [7, 11) is 5.01. The molecule has 0 radical (unpaired) electrons. The molecule has 31 heavy (non-hydrogen) atoms. The third-order valence-electron chi connectivity index (χ3n) is 4.66. The molecule has 0 spiro atoms. The molecule has 1 aromatic carbocycles. The van der Waals surface area contributed by atoms with Crippen molar-refractivity contribution < 1.29 is 23.0 Å². The number of amides is 1. The quantitative estimate of drug-likeness (QED) is 0.211. The Labute approximate surface area is 199 Å². The summed E-state index contributed by atoms with van der Waals surface area (Å²) in [6.45, 7) is -0.0937. The average molecular weight is 555 g/mol. The van der Waals surface area contributed by atoms with Gasteiger partial charge in [0.25, 0.3) is 0 Å². The van der Waals surface area contributed by atoms with Crippen molar-refractivity contribution in [3.8, 4) is 5.75 Å². The number of rotatable bonds is 9. The number of carbonyl (C=O) groups excluding carboxylic acids is 1. The maximum atomic E-state index is 12.3. The van der Waals surface area contributed by atoms with E-state index < -0.39 is 6.61 Å². The summed E-state index contributed by atoms with van der Waals surface area (Å²) in [5, 5.41) is 6.57. The lowest BCUT2D eigenvalue weighted by atomic mass is 10.0. The molecule has 0 saturated carbocycles. The molecule has 1 amide bonds. The van der Waals surface area contributed by atoms with E-state index in [0.717, 1.165) is 31.6 Å². The van der Waals surface area contributed by atoms with Gasteiger partial charge in [-0.05, 0) is 37.1 Å². The normalized spacial score (nSPS) is 16.5. The highest BCUT2D eigenvalue weighted by atomic mass is 127. The van der Waals surface area contributed by atoms with Crippen LogP contribution in [0.15, 0.2) is 29.3 Å². The molecule has 1 aliphatic rings. The van der Waals surface area contributed by atoms with E-state index in [4.69, 9.17) is 4.74 Å². The second kappa shape index (κ2) is 14.2. The van der Waals surface area contributed by atoms with Gasteiger partial charge in [-0.1, -0.05) is 0 Å². The van der Waals surface area contributed by atoms with Crippen LogP contribution in [0, 0.1) is 0 Å². The van der Waals surface area contributed by atoms with E-state index in [1.165, 1.54) is 4.90 Å². The predicted molar refractivity (Wildman–Crippen MR) is 128 cm³/mol. The van der Waals surface area contributed by atoms with Crippen molar-refractivity contribution in [3.63, 3.8) is 0 Å². The summed E-state index contributed by atoms with van der Waals surface area (Å²) in [6.07, 6.45) is 1.92. The molecule has 8 nitrogen and oxygen atoms in total. The van der Waals surface area contributed by atoms with Crippen molar-refractivity contribution in [2.24, 2.45) is 4.99 Å². The minimum Gasteiger partial charge on any atom is -0.435 e. The van der Waals surface area contributed by atoms with Crippen LogP contribution in [0.4, 0.5) is 14.5 Å². The van der Waals surface area contributed by atoms with Crippen LogP contribution < -0.4 is 20.3 Å². The lowest BCUT2D eigenvalue weighted by Gasteiger charge is -2.35. The highest BCUT2D eigenvalue weighted by Crippen LogP contribution is 2.23. The molecular weight excluding hydrogens is 523 g/mol. The van der Waals surface area contributed by atoms with Gasteiger partial charge in [-0.15, -0.1) is 24.0 Å². The molecular formula is C20H32F2IN5O3. The van der Waals surface area contributed by atoms with Crippen LogP contribution in [0.1, 0.15) is 12.8 Å². The second-order valence-electron chi connectivity index (χ2n) is 7.17. The molecule has 176 valence electrons. The molecule has 0 bridgehead atoms. The molecule has 1 unspecified atom stereocenters. The largest absolute Gasteiger partial charge is 0.435 e. The molecule has 2 N–H and O–H groups in total. The smallest absolute Gasteiger partial charge is 0.387 e. The van der Waals surface area contributed by atoms with E-state index in [1.807, 2.05) is 0 Å². The van der Waals surface area contributed by atoms with E-state index in [9.17, 15) is 13.6 Å². The van der Waals surface area contributed by atoms with Gasteiger partial charge >= 0.3 is 6.61 Å². The summed E-state index contributed by atoms with van der Waals surface area (Å²) < 4.78 is 34.1. The van der Waals surface area contributed by atoms with Crippen molar-refractivity contribution in [3.05, 3.63) is 24.3 Å². The van der Waals surface area contributed by atoms with E-state index >= 15 is 0 Å². The number of alkyl halides is 2. The lowest BCUT2D eigenvalue weighted by Crippen LogP contribution is -2.52. The maximum Gasteiger partial charge on any atom is 0.387 e. The number of hydrogen-bond donors (Lipinski definition) is 2. The molecule has 1 aliphatic heterocycles. The lowest BCUT2D eigenvalue weighted by molar-refractivity contribution is -0.127. The number of benzene rings is 1. The highest BCUT2D eigenvalue weighted by Gasteiger charge is 2.21. The molecule has 11 heteroatoms. The second-order valence-corrected chi connectivity index (χ2v) is 7.17. The van der Waals surface area contributed by atoms with E-state index in [0.29, 0.717) is 19.1 Å². The molecule has 2 rings (SSSR count). The van der Waals surface area contributed by atoms with Crippen LogP contribution in [0.25, 0.3) is 0 Å². The predicted octanol–water partition coefficient (Wildman–Crippen LogP) is 2.14. The Morgan fingerprint density at radius 3 is 2.65 bits per heavy atom. The van der Waals surface area contributed by atoms with Gasteiger partial charge in [0, 0.05) is 52.6 Å². The van der Waals surface area contributed by atoms with Crippen LogP contribution in [0.2, 0.25) is 0 Å². The Bertz CT molecular complexity index is 692. The third kappa shape index (κ3) is 9.85. The minimum absolute atomic E-state index is 0. The molecule has 0 aliphatic carbocycles. The van der Waals surface area contributed by atoms with Crippen molar-refractivity contribution in [2.45, 2.75) is 25.5 Å². The van der Waals surface area contributed by atoms with Crippen molar-refractivity contribution >= 4 is 41.5 Å². The number of nitrogens with zero attached hydrogens (tertiary/aromatic N) is 3. The van der Waals surface area contributed by atoms with Crippen LogP contribution in [-0.2, 0) is 9.53 Å². The van der Waals surface area contributed by atoms with Gasteiger partial charge in [-0.3, -0.25) is 4.79 Å². The van der Waals surface area contributed by atoms with Gasteiger partial charge in [0.1, 0.15) is 12.3 Å². The fraction of sp³-hybridized carbons (Fsp3) is 0.600. The van der Waals surface area contributed by atoms with E-state index in [-0.39, 0.29) is 48.2 Å². The summed E-state index contributed by atoms with van der Waals surface area (Å²) in [6, 6.07) is 6.78. The maximum absolute atomic E-state index is 12.3. The Morgan fingerprint density at radius 1 is 1.32 bits per heavy atom. The standard InChI is InChI=1S/C20H31F2N5O3.HI/c1-26(2)18(28)13-24-20(23-10-12-29-3)25-15-5-4-11-27(14-15)16-6-8-17(9-7-16)30-19(21)22;/h6-9,15,19H,4-5,10-14H2,1-3H3,(H2,23,24,25);1H. The summed E-state index contributed by atoms with van der Waals surface area (Å²) in [5.41, 5.74) is 0.941. The number of guanidine groups is 1. The number of anilines is 1. The number of aliphatic imine (C=N–C) groups is 1. The molecule has 1 fully saturated rings. The number of likely N-dealkylation sites (N-methyl/N-ethyl adjacent to an activating group) is 1. The van der Waals surface area contributed by atoms with Crippen molar-refractivity contribution in [1.82, 2.24) is 15.5 Å². The van der Waals surface area contributed by atoms with Gasteiger partial charge in [0.2, 0.25) is 5.91 Å². The van der Waals surface area contributed by atoms with Crippen LogP contribution >= 0.6 is 24.0 Å². The SMILES string of the molecule is COCCNC(=NCC(=O)N(C)C)NC1CCCN(c2ccc(OC(F)F)cc2)C1.I. The molecule has 1 atom stereocenters. The van der Waals surface area contributed by atoms with Gasteiger partial charge < -0.3 is 29.9 Å². The zero-order chi connectivity index (χ0) is 21.9. The molecule has 0 aromatic heterocycles. The van der Waals surface area contributed by atoms with Gasteiger partial charge in [-0.2, -0.15) is 8.78 Å². The molecule has 1 heterocycles. The van der Waals surface area contributed by atoms with Crippen LogP contribution in [0.5, 0.6) is 5.75 Å². The number of hydrogen-bond acceptors (Lipinski definition) is 5. The summed E-state index contributed by atoms with van der Waals surface area (Å²) in [4.78, 5) is 19.9.